The third-order valence-electron chi connectivity index (χ3n) is 3.89. The summed E-state index contributed by atoms with van der Waals surface area (Å²) in [6, 6.07) is 21.0. The van der Waals surface area contributed by atoms with Gasteiger partial charge < -0.3 is 14.9 Å². The quantitative estimate of drug-likeness (QED) is 0.695. The molecule has 1 atom stereocenters. The standard InChI is InChI=1S/C20H18O5S/c21-14-19(15-7-3-1-4-8-15)25-16-11-12-20(18(22)13-16)26(23,24)17-9-5-2-6-10-17/h1-13,19,21-22H,14H2. The van der Waals surface area contributed by atoms with Crippen molar-refractivity contribution < 1.29 is 23.4 Å². The lowest BCUT2D eigenvalue weighted by molar-refractivity contribution is 0.116. The molecule has 0 aromatic heterocycles. The van der Waals surface area contributed by atoms with Crippen molar-refractivity contribution in [2.24, 2.45) is 0 Å². The molecule has 134 valence electrons. The summed E-state index contributed by atoms with van der Waals surface area (Å²) in [5, 5.41) is 19.8. The minimum Gasteiger partial charge on any atom is -0.506 e. The zero-order valence-corrected chi connectivity index (χ0v) is 14.6. The highest BCUT2D eigenvalue weighted by atomic mass is 32.2. The van der Waals surface area contributed by atoms with Gasteiger partial charge in [0, 0.05) is 6.07 Å². The molecule has 6 heteroatoms. The number of hydrogen-bond acceptors (Lipinski definition) is 5. The van der Waals surface area contributed by atoms with E-state index >= 15 is 0 Å². The molecule has 3 aromatic rings. The Morgan fingerprint density at radius 2 is 1.50 bits per heavy atom. The Bertz CT molecular complexity index is 970. The predicted octanol–water partition coefficient (Wildman–Crippen LogP) is 3.34. The maximum absolute atomic E-state index is 12.6. The van der Waals surface area contributed by atoms with Crippen LogP contribution >= 0.6 is 0 Å². The van der Waals surface area contributed by atoms with Crippen molar-refractivity contribution in [3.8, 4) is 11.5 Å². The van der Waals surface area contributed by atoms with Crippen LogP contribution in [-0.4, -0.2) is 25.2 Å². The summed E-state index contributed by atoms with van der Waals surface area (Å²) in [6.07, 6.45) is -0.618. The number of aromatic hydroxyl groups is 1. The molecule has 2 N–H and O–H groups in total. The fraction of sp³-hybridized carbons (Fsp3) is 0.100. The molecular formula is C20H18O5S. The van der Waals surface area contributed by atoms with Crippen molar-refractivity contribution in [1.82, 2.24) is 0 Å². The van der Waals surface area contributed by atoms with Crippen molar-refractivity contribution >= 4 is 9.84 Å². The third-order valence-corrected chi connectivity index (χ3v) is 5.71. The molecule has 26 heavy (non-hydrogen) atoms. The molecule has 3 aromatic carbocycles. The molecular weight excluding hydrogens is 352 g/mol. The van der Waals surface area contributed by atoms with Gasteiger partial charge in [-0.25, -0.2) is 8.42 Å². The molecule has 0 spiro atoms. The van der Waals surface area contributed by atoms with Gasteiger partial charge in [0.25, 0.3) is 0 Å². The first-order valence-electron chi connectivity index (χ1n) is 7.98. The number of aliphatic hydroxyl groups excluding tert-OH is 1. The van der Waals surface area contributed by atoms with Gasteiger partial charge in [-0.1, -0.05) is 48.5 Å². The average Bonchev–Trinajstić information content (AvgIpc) is 2.67. The van der Waals surface area contributed by atoms with Crippen LogP contribution in [0.1, 0.15) is 11.7 Å². The second-order valence-corrected chi connectivity index (χ2v) is 7.56. The van der Waals surface area contributed by atoms with Crippen LogP contribution in [0.3, 0.4) is 0 Å². The fourth-order valence-corrected chi connectivity index (χ4v) is 3.92. The Labute approximate surface area is 152 Å². The minimum absolute atomic E-state index is 0.0986. The number of aliphatic hydroxyl groups is 1. The lowest BCUT2D eigenvalue weighted by Gasteiger charge is -2.18. The fourth-order valence-electron chi connectivity index (χ4n) is 2.57. The van der Waals surface area contributed by atoms with Crippen LogP contribution in [-0.2, 0) is 9.84 Å². The second kappa shape index (κ2) is 7.59. The molecule has 0 bridgehead atoms. The number of phenols is 1. The molecule has 0 aliphatic carbocycles. The van der Waals surface area contributed by atoms with Gasteiger partial charge >= 0.3 is 0 Å². The van der Waals surface area contributed by atoms with E-state index in [1.807, 2.05) is 30.3 Å². The largest absolute Gasteiger partial charge is 0.506 e. The zero-order valence-electron chi connectivity index (χ0n) is 13.8. The van der Waals surface area contributed by atoms with Gasteiger partial charge in [-0.3, -0.25) is 0 Å². The van der Waals surface area contributed by atoms with Gasteiger partial charge in [-0.15, -0.1) is 0 Å². The molecule has 0 amide bonds. The first-order valence-corrected chi connectivity index (χ1v) is 9.46. The predicted molar refractivity (Wildman–Crippen MR) is 96.9 cm³/mol. The Hall–Kier alpha value is -2.83. The summed E-state index contributed by atoms with van der Waals surface area (Å²) in [5.41, 5.74) is 0.774. The highest BCUT2D eigenvalue weighted by Gasteiger charge is 2.22. The molecule has 5 nitrogen and oxygen atoms in total. The average molecular weight is 370 g/mol. The van der Waals surface area contributed by atoms with Crippen molar-refractivity contribution in [3.63, 3.8) is 0 Å². The summed E-state index contributed by atoms with van der Waals surface area (Å²) in [6.45, 7) is -0.255. The van der Waals surface area contributed by atoms with Gasteiger partial charge in [0.05, 0.1) is 11.5 Å². The molecule has 1 unspecified atom stereocenters. The van der Waals surface area contributed by atoms with Crippen molar-refractivity contribution in [2.45, 2.75) is 15.9 Å². The SMILES string of the molecule is O=S(=O)(c1ccccc1)c1ccc(OC(CO)c2ccccc2)cc1O. The number of phenolic OH excluding ortho intramolecular Hbond substituents is 1. The maximum Gasteiger partial charge on any atom is 0.210 e. The topological polar surface area (TPSA) is 83.8 Å². The van der Waals surface area contributed by atoms with E-state index in [1.165, 1.54) is 30.3 Å². The Kier molecular flexibility index (Phi) is 5.25. The summed E-state index contributed by atoms with van der Waals surface area (Å²) in [5.74, 6) is -0.145. The molecule has 0 heterocycles. The molecule has 0 saturated heterocycles. The molecule has 0 radical (unpaired) electrons. The number of rotatable bonds is 6. The molecule has 0 aliphatic rings. The van der Waals surface area contributed by atoms with E-state index in [0.29, 0.717) is 0 Å². The Balaban J connectivity index is 1.88. The van der Waals surface area contributed by atoms with Crippen LogP contribution in [0.5, 0.6) is 11.5 Å². The molecule has 0 fully saturated rings. The minimum atomic E-state index is -3.83. The summed E-state index contributed by atoms with van der Waals surface area (Å²) in [4.78, 5) is -0.0993. The van der Waals surface area contributed by atoms with Crippen molar-refractivity contribution in [2.75, 3.05) is 6.61 Å². The van der Waals surface area contributed by atoms with Crippen LogP contribution in [0.25, 0.3) is 0 Å². The Morgan fingerprint density at radius 1 is 0.885 bits per heavy atom. The van der Waals surface area contributed by atoms with Gasteiger partial charge in [-0.05, 0) is 29.8 Å². The van der Waals surface area contributed by atoms with E-state index in [9.17, 15) is 18.6 Å². The van der Waals surface area contributed by atoms with E-state index in [4.69, 9.17) is 4.74 Å². The van der Waals surface area contributed by atoms with E-state index in [0.717, 1.165) is 5.56 Å². The smallest absolute Gasteiger partial charge is 0.210 e. The third kappa shape index (κ3) is 3.71. The van der Waals surface area contributed by atoms with Gasteiger partial charge in [0.15, 0.2) is 0 Å². The van der Waals surface area contributed by atoms with Gasteiger partial charge in [-0.2, -0.15) is 0 Å². The van der Waals surface area contributed by atoms with E-state index in [1.54, 1.807) is 18.2 Å². The van der Waals surface area contributed by atoms with Crippen LogP contribution in [0.2, 0.25) is 0 Å². The molecule has 3 rings (SSSR count). The number of ether oxygens (including phenoxy) is 1. The summed E-state index contributed by atoms with van der Waals surface area (Å²) in [7, 11) is -3.83. The van der Waals surface area contributed by atoms with Crippen LogP contribution in [0, 0.1) is 0 Å². The van der Waals surface area contributed by atoms with Crippen LogP contribution in [0.15, 0.2) is 88.7 Å². The lowest BCUT2D eigenvalue weighted by Crippen LogP contribution is -2.12. The van der Waals surface area contributed by atoms with Gasteiger partial charge in [0.2, 0.25) is 9.84 Å². The van der Waals surface area contributed by atoms with E-state index in [2.05, 4.69) is 0 Å². The first-order chi connectivity index (χ1) is 12.5. The van der Waals surface area contributed by atoms with Crippen LogP contribution in [0.4, 0.5) is 0 Å². The Morgan fingerprint density at radius 3 is 2.08 bits per heavy atom. The highest BCUT2D eigenvalue weighted by Crippen LogP contribution is 2.33. The second-order valence-electron chi connectivity index (χ2n) is 5.65. The maximum atomic E-state index is 12.6. The van der Waals surface area contributed by atoms with E-state index < -0.39 is 21.7 Å². The monoisotopic (exact) mass is 370 g/mol. The number of benzene rings is 3. The van der Waals surface area contributed by atoms with E-state index in [-0.39, 0.29) is 22.1 Å². The zero-order chi connectivity index (χ0) is 18.6. The highest BCUT2D eigenvalue weighted by molar-refractivity contribution is 7.91. The number of hydrogen-bond donors (Lipinski definition) is 2. The summed E-state index contributed by atoms with van der Waals surface area (Å²) < 4.78 is 30.9. The van der Waals surface area contributed by atoms with Crippen molar-refractivity contribution in [1.29, 1.82) is 0 Å². The lowest BCUT2D eigenvalue weighted by atomic mass is 10.1. The van der Waals surface area contributed by atoms with Gasteiger partial charge in [0.1, 0.15) is 22.5 Å². The normalized spacial score (nSPS) is 12.5. The van der Waals surface area contributed by atoms with Crippen LogP contribution < -0.4 is 4.74 Å². The molecule has 0 saturated carbocycles. The van der Waals surface area contributed by atoms with Crippen molar-refractivity contribution in [3.05, 3.63) is 84.4 Å². The first kappa shape index (κ1) is 18.0. The molecule has 0 aliphatic heterocycles. The number of sulfone groups is 1. The summed E-state index contributed by atoms with van der Waals surface area (Å²) >= 11 is 0.